The highest BCUT2D eigenvalue weighted by Gasteiger charge is 2.31. The van der Waals surface area contributed by atoms with Crippen LogP contribution in [0.5, 0.6) is 0 Å². The maximum absolute atomic E-state index is 12.9. The zero-order chi connectivity index (χ0) is 14.5. The number of carbonyl (C=O) groups is 2. The molecule has 0 aromatic heterocycles. The van der Waals surface area contributed by atoms with Crippen molar-refractivity contribution in [3.8, 4) is 0 Å². The monoisotopic (exact) mass is 277 g/mol. The smallest absolute Gasteiger partial charge is 0.315 e. The predicted molar refractivity (Wildman–Crippen MR) is 73.9 cm³/mol. The number of hydrogen-bond donors (Lipinski definition) is 2. The average Bonchev–Trinajstić information content (AvgIpc) is 2.78. The van der Waals surface area contributed by atoms with E-state index >= 15 is 0 Å². The molecule has 1 saturated heterocycles. The summed E-state index contributed by atoms with van der Waals surface area (Å²) in [5.41, 5.74) is 0.632. The number of anilines is 1. The summed E-state index contributed by atoms with van der Waals surface area (Å²) in [5.74, 6) is -0.440. The van der Waals surface area contributed by atoms with Crippen LogP contribution in [0.3, 0.4) is 0 Å². The van der Waals surface area contributed by atoms with E-state index in [4.69, 9.17) is 0 Å². The number of halogens is 1. The molecule has 2 N–H and O–H groups in total. The number of nitrogens with zero attached hydrogens (tertiary/aromatic N) is 1. The van der Waals surface area contributed by atoms with Gasteiger partial charge in [-0.25, -0.2) is 9.18 Å². The lowest BCUT2D eigenvalue weighted by molar-refractivity contribution is -0.117. The maximum atomic E-state index is 12.9. The Hall–Kier alpha value is -2.37. The molecule has 1 heterocycles. The average molecular weight is 277 g/mol. The van der Waals surface area contributed by atoms with Crippen LogP contribution in [0.15, 0.2) is 36.9 Å². The molecule has 1 atom stereocenters. The zero-order valence-corrected chi connectivity index (χ0v) is 10.9. The molecule has 106 valence electrons. The van der Waals surface area contributed by atoms with Crippen LogP contribution in [0.1, 0.15) is 6.42 Å². The molecular formula is C14H16FN3O2. The third-order valence-corrected chi connectivity index (χ3v) is 3.01. The second kappa shape index (κ2) is 6.18. The van der Waals surface area contributed by atoms with E-state index in [1.165, 1.54) is 17.0 Å². The van der Waals surface area contributed by atoms with E-state index < -0.39 is 0 Å². The summed E-state index contributed by atoms with van der Waals surface area (Å²) >= 11 is 0. The van der Waals surface area contributed by atoms with Gasteiger partial charge in [0.2, 0.25) is 5.91 Å². The van der Waals surface area contributed by atoms with E-state index in [9.17, 15) is 14.0 Å². The van der Waals surface area contributed by atoms with E-state index in [1.807, 2.05) is 0 Å². The lowest BCUT2D eigenvalue weighted by atomic mass is 10.2. The van der Waals surface area contributed by atoms with Gasteiger partial charge in [0, 0.05) is 25.2 Å². The molecule has 6 heteroatoms. The molecule has 1 fully saturated rings. The van der Waals surface area contributed by atoms with Gasteiger partial charge in [-0.15, -0.1) is 6.58 Å². The lowest BCUT2D eigenvalue weighted by Gasteiger charge is -2.17. The minimum atomic E-state index is -0.348. The summed E-state index contributed by atoms with van der Waals surface area (Å²) in [6.45, 7) is 4.25. The molecular weight excluding hydrogens is 261 g/mol. The summed E-state index contributed by atoms with van der Waals surface area (Å²) < 4.78 is 12.9. The van der Waals surface area contributed by atoms with Crippen molar-refractivity contribution >= 4 is 17.6 Å². The van der Waals surface area contributed by atoms with Gasteiger partial charge in [-0.3, -0.25) is 4.79 Å². The Morgan fingerprint density at radius 3 is 2.80 bits per heavy atom. The Bertz CT molecular complexity index is 516. The first-order valence-electron chi connectivity index (χ1n) is 6.31. The molecule has 0 unspecified atom stereocenters. The molecule has 1 aromatic rings. The highest BCUT2D eigenvalue weighted by molar-refractivity contribution is 5.96. The molecule has 1 aromatic carbocycles. The fourth-order valence-corrected chi connectivity index (χ4v) is 2.08. The molecule has 20 heavy (non-hydrogen) atoms. The number of carbonyl (C=O) groups excluding carboxylic acids is 2. The highest BCUT2D eigenvalue weighted by atomic mass is 19.1. The number of benzene rings is 1. The number of amides is 3. The van der Waals surface area contributed by atoms with Crippen LogP contribution in [-0.4, -0.2) is 31.1 Å². The van der Waals surface area contributed by atoms with Gasteiger partial charge in [0.15, 0.2) is 0 Å². The Balaban J connectivity index is 1.95. The molecule has 1 aliphatic heterocycles. The first-order valence-corrected chi connectivity index (χ1v) is 6.31. The van der Waals surface area contributed by atoms with Gasteiger partial charge in [0.25, 0.3) is 0 Å². The summed E-state index contributed by atoms with van der Waals surface area (Å²) in [6, 6.07) is 5.13. The second-order valence-electron chi connectivity index (χ2n) is 4.52. The normalized spacial score (nSPS) is 17.9. The van der Waals surface area contributed by atoms with Crippen LogP contribution in [0.25, 0.3) is 0 Å². The lowest BCUT2D eigenvalue weighted by Crippen LogP contribution is -2.43. The first-order chi connectivity index (χ1) is 9.60. The largest absolute Gasteiger partial charge is 0.335 e. The minimum Gasteiger partial charge on any atom is -0.335 e. The molecule has 0 radical (unpaired) electrons. The summed E-state index contributed by atoms with van der Waals surface area (Å²) in [4.78, 5) is 25.0. The van der Waals surface area contributed by atoms with Crippen molar-refractivity contribution in [2.75, 3.05) is 18.0 Å². The van der Waals surface area contributed by atoms with Gasteiger partial charge in [-0.2, -0.15) is 0 Å². The fraction of sp³-hybridized carbons (Fsp3) is 0.286. The van der Waals surface area contributed by atoms with Crippen LogP contribution in [0.2, 0.25) is 0 Å². The molecule has 2 rings (SSSR count). The SMILES string of the molecule is C=CCNC(=O)N[C@H]1CC(=O)N(c2ccc(F)cc2)C1. The number of rotatable bonds is 4. The molecule has 3 amide bonds. The zero-order valence-electron chi connectivity index (χ0n) is 10.9. The van der Waals surface area contributed by atoms with E-state index in [0.717, 1.165) is 0 Å². The molecule has 5 nitrogen and oxygen atoms in total. The van der Waals surface area contributed by atoms with Crippen molar-refractivity contribution in [2.45, 2.75) is 12.5 Å². The van der Waals surface area contributed by atoms with E-state index in [-0.39, 0.29) is 30.2 Å². The van der Waals surface area contributed by atoms with E-state index in [2.05, 4.69) is 17.2 Å². The second-order valence-corrected chi connectivity index (χ2v) is 4.52. The Kier molecular flexibility index (Phi) is 4.34. The first kappa shape index (κ1) is 14.0. The van der Waals surface area contributed by atoms with Gasteiger partial charge in [-0.1, -0.05) is 6.08 Å². The van der Waals surface area contributed by atoms with Crippen LogP contribution >= 0.6 is 0 Å². The Morgan fingerprint density at radius 2 is 2.15 bits per heavy atom. The quantitative estimate of drug-likeness (QED) is 0.818. The number of urea groups is 1. The van der Waals surface area contributed by atoms with Gasteiger partial charge in [0.05, 0.1) is 6.04 Å². The molecule has 0 saturated carbocycles. The van der Waals surface area contributed by atoms with Crippen molar-refractivity contribution in [3.63, 3.8) is 0 Å². The van der Waals surface area contributed by atoms with E-state index in [1.54, 1.807) is 18.2 Å². The fourth-order valence-electron chi connectivity index (χ4n) is 2.08. The van der Waals surface area contributed by atoms with Crippen molar-refractivity contribution in [1.82, 2.24) is 10.6 Å². The Labute approximate surface area is 116 Å². The minimum absolute atomic E-state index is 0.0920. The maximum Gasteiger partial charge on any atom is 0.315 e. The molecule has 1 aliphatic rings. The summed E-state index contributed by atoms with van der Waals surface area (Å²) in [7, 11) is 0. The highest BCUT2D eigenvalue weighted by Crippen LogP contribution is 2.21. The van der Waals surface area contributed by atoms with Gasteiger partial charge in [-0.05, 0) is 24.3 Å². The third kappa shape index (κ3) is 3.34. The van der Waals surface area contributed by atoms with E-state index in [0.29, 0.717) is 18.8 Å². The molecule has 0 aliphatic carbocycles. The van der Waals surface area contributed by atoms with Crippen molar-refractivity contribution < 1.29 is 14.0 Å². The number of hydrogen-bond acceptors (Lipinski definition) is 2. The predicted octanol–water partition coefficient (Wildman–Crippen LogP) is 1.42. The van der Waals surface area contributed by atoms with Crippen LogP contribution < -0.4 is 15.5 Å². The van der Waals surface area contributed by atoms with Crippen LogP contribution in [0.4, 0.5) is 14.9 Å². The van der Waals surface area contributed by atoms with Crippen LogP contribution in [-0.2, 0) is 4.79 Å². The van der Waals surface area contributed by atoms with Gasteiger partial charge >= 0.3 is 6.03 Å². The summed E-state index contributed by atoms with van der Waals surface area (Å²) in [5, 5.41) is 5.31. The van der Waals surface area contributed by atoms with Crippen LogP contribution in [0, 0.1) is 5.82 Å². The van der Waals surface area contributed by atoms with Gasteiger partial charge < -0.3 is 15.5 Å². The molecule has 0 bridgehead atoms. The van der Waals surface area contributed by atoms with Crippen molar-refractivity contribution in [3.05, 3.63) is 42.7 Å². The standard InChI is InChI=1S/C14H16FN3O2/c1-2-7-16-14(20)17-11-8-13(19)18(9-11)12-5-3-10(15)4-6-12/h2-6,11H,1,7-9H2,(H2,16,17,20)/t11-/m0/s1. The van der Waals surface area contributed by atoms with Crippen molar-refractivity contribution in [1.29, 1.82) is 0 Å². The molecule has 0 spiro atoms. The van der Waals surface area contributed by atoms with Gasteiger partial charge in [0.1, 0.15) is 5.82 Å². The Morgan fingerprint density at radius 1 is 1.45 bits per heavy atom. The topological polar surface area (TPSA) is 61.4 Å². The third-order valence-electron chi connectivity index (χ3n) is 3.01. The van der Waals surface area contributed by atoms with Crippen molar-refractivity contribution in [2.24, 2.45) is 0 Å². The summed E-state index contributed by atoms with van der Waals surface area (Å²) in [6.07, 6.45) is 1.81. The number of nitrogens with one attached hydrogen (secondary N) is 2.